The molecule has 1 aromatic heterocycles. The van der Waals surface area contributed by atoms with Crippen molar-refractivity contribution in [2.24, 2.45) is 0 Å². The minimum atomic E-state index is -0.629. The van der Waals surface area contributed by atoms with Gasteiger partial charge in [-0.3, -0.25) is 9.59 Å². The highest BCUT2D eigenvalue weighted by Gasteiger charge is 2.18. The number of para-hydroxylation sites is 1. The van der Waals surface area contributed by atoms with Crippen LogP contribution in [-0.4, -0.2) is 21.5 Å². The van der Waals surface area contributed by atoms with Crippen molar-refractivity contribution >= 4 is 11.8 Å². The van der Waals surface area contributed by atoms with E-state index in [2.05, 4.69) is 5.10 Å². The maximum absolute atomic E-state index is 12.4. The van der Waals surface area contributed by atoms with E-state index in [1.807, 2.05) is 66.7 Å². The number of aromatic nitrogens is 2. The van der Waals surface area contributed by atoms with Gasteiger partial charge < -0.3 is 4.74 Å². The van der Waals surface area contributed by atoms with Gasteiger partial charge in [0.2, 0.25) is 5.88 Å². The van der Waals surface area contributed by atoms with E-state index in [4.69, 9.17) is 4.74 Å². The molecule has 0 atom stereocenters. The van der Waals surface area contributed by atoms with Crippen molar-refractivity contribution in [1.29, 1.82) is 0 Å². The Balaban J connectivity index is 1.61. The summed E-state index contributed by atoms with van der Waals surface area (Å²) in [6, 6.07) is 29.4. The monoisotopic (exact) mass is 382 g/mol. The lowest BCUT2D eigenvalue weighted by Crippen LogP contribution is -2.16. The van der Waals surface area contributed by atoms with Gasteiger partial charge in [-0.15, -0.1) is 0 Å². The summed E-state index contributed by atoms with van der Waals surface area (Å²) in [5, 5.41) is 4.60. The number of hydrogen-bond acceptors (Lipinski definition) is 4. The molecule has 4 rings (SSSR count). The minimum absolute atomic E-state index is 0.265. The van der Waals surface area contributed by atoms with E-state index in [0.717, 1.165) is 11.3 Å². The second-order valence-electron chi connectivity index (χ2n) is 6.42. The van der Waals surface area contributed by atoms with E-state index < -0.39 is 5.97 Å². The van der Waals surface area contributed by atoms with Crippen LogP contribution in [-0.2, 0) is 4.79 Å². The summed E-state index contributed by atoms with van der Waals surface area (Å²) >= 11 is 0. The summed E-state index contributed by atoms with van der Waals surface area (Å²) in [7, 11) is 0. The predicted molar refractivity (Wildman–Crippen MR) is 110 cm³/mol. The molecule has 0 saturated heterocycles. The zero-order valence-electron chi connectivity index (χ0n) is 15.6. The molecule has 0 radical (unpaired) electrons. The highest BCUT2D eigenvalue weighted by atomic mass is 16.5. The van der Waals surface area contributed by atoms with Crippen molar-refractivity contribution < 1.29 is 14.3 Å². The molecule has 0 fully saturated rings. The van der Waals surface area contributed by atoms with Crippen LogP contribution in [0.15, 0.2) is 97.1 Å². The van der Waals surface area contributed by atoms with E-state index in [1.54, 1.807) is 35.0 Å². The smallest absolute Gasteiger partial charge is 0.320 e. The Kier molecular flexibility index (Phi) is 5.29. The molecule has 0 aliphatic heterocycles. The maximum atomic E-state index is 12.4. The first-order valence-electron chi connectivity index (χ1n) is 9.20. The van der Waals surface area contributed by atoms with Gasteiger partial charge in [-0.05, 0) is 12.1 Å². The third-order valence-electron chi connectivity index (χ3n) is 4.37. The number of hydrogen-bond donors (Lipinski definition) is 0. The zero-order chi connectivity index (χ0) is 20.1. The first-order valence-corrected chi connectivity index (χ1v) is 9.20. The second kappa shape index (κ2) is 8.35. The normalized spacial score (nSPS) is 10.5. The molecule has 0 unspecified atom stereocenters. The van der Waals surface area contributed by atoms with Crippen LogP contribution in [0.4, 0.5) is 0 Å². The Morgan fingerprint density at radius 3 is 2.03 bits per heavy atom. The molecule has 0 aliphatic rings. The predicted octanol–water partition coefficient (Wildman–Crippen LogP) is 4.72. The summed E-state index contributed by atoms with van der Waals surface area (Å²) in [5.41, 5.74) is 2.81. The molecule has 4 aromatic rings. The van der Waals surface area contributed by atoms with Crippen LogP contribution in [0.5, 0.6) is 5.88 Å². The Bertz CT molecular complexity index is 1120. The van der Waals surface area contributed by atoms with E-state index in [0.29, 0.717) is 11.3 Å². The lowest BCUT2D eigenvalue weighted by atomic mass is 10.1. The highest BCUT2D eigenvalue weighted by molar-refractivity contribution is 6.06. The molecular weight excluding hydrogens is 364 g/mol. The number of nitrogens with zero attached hydrogens (tertiary/aromatic N) is 2. The number of carbonyl (C=O) groups is 2. The van der Waals surface area contributed by atoms with Gasteiger partial charge in [0.25, 0.3) is 0 Å². The molecule has 0 saturated carbocycles. The number of carbonyl (C=O) groups excluding carboxylic acids is 2. The van der Waals surface area contributed by atoms with Gasteiger partial charge in [0.05, 0.1) is 11.4 Å². The maximum Gasteiger partial charge on any atom is 0.320 e. The van der Waals surface area contributed by atoms with Crippen molar-refractivity contribution in [3.05, 3.63) is 103 Å². The number of benzene rings is 3. The molecule has 0 bridgehead atoms. The van der Waals surface area contributed by atoms with E-state index in [-0.39, 0.29) is 18.1 Å². The van der Waals surface area contributed by atoms with Crippen LogP contribution in [0, 0.1) is 0 Å². The van der Waals surface area contributed by atoms with E-state index >= 15 is 0 Å². The van der Waals surface area contributed by atoms with Gasteiger partial charge in [0.15, 0.2) is 5.78 Å². The molecule has 1 heterocycles. The molecule has 3 aromatic carbocycles. The van der Waals surface area contributed by atoms with Crippen molar-refractivity contribution in [2.75, 3.05) is 0 Å². The van der Waals surface area contributed by atoms with Crippen LogP contribution >= 0.6 is 0 Å². The Morgan fingerprint density at radius 1 is 0.793 bits per heavy atom. The lowest BCUT2D eigenvalue weighted by molar-refractivity contribution is -0.133. The van der Waals surface area contributed by atoms with Crippen molar-refractivity contribution in [2.45, 2.75) is 6.42 Å². The molecule has 29 heavy (non-hydrogen) atoms. The standard InChI is InChI=1S/C24H18N2O3/c27-22(19-12-6-2-7-13-19)17-24(28)29-23-16-21(18-10-4-1-5-11-18)25-26(23)20-14-8-3-9-15-20/h1-16H,17H2. The van der Waals surface area contributed by atoms with Crippen LogP contribution in [0.1, 0.15) is 16.8 Å². The van der Waals surface area contributed by atoms with Crippen LogP contribution in [0.2, 0.25) is 0 Å². The quantitative estimate of drug-likeness (QED) is 0.275. The highest BCUT2D eigenvalue weighted by Crippen LogP contribution is 2.26. The molecule has 5 heteroatoms. The summed E-state index contributed by atoms with van der Waals surface area (Å²) in [4.78, 5) is 24.7. The molecular formula is C24H18N2O3. The second-order valence-corrected chi connectivity index (χ2v) is 6.42. The van der Waals surface area contributed by atoms with Crippen LogP contribution in [0.3, 0.4) is 0 Å². The van der Waals surface area contributed by atoms with Gasteiger partial charge in [0, 0.05) is 17.2 Å². The van der Waals surface area contributed by atoms with E-state index in [9.17, 15) is 9.59 Å². The first-order chi connectivity index (χ1) is 14.2. The van der Waals surface area contributed by atoms with Crippen LogP contribution in [0.25, 0.3) is 16.9 Å². The third-order valence-corrected chi connectivity index (χ3v) is 4.37. The molecule has 0 N–H and O–H groups in total. The molecule has 0 spiro atoms. The average Bonchev–Trinajstić information content (AvgIpc) is 3.19. The van der Waals surface area contributed by atoms with Crippen molar-refractivity contribution in [3.63, 3.8) is 0 Å². The number of Topliss-reactive ketones (excluding diaryl/α,β-unsaturated/α-hetero) is 1. The van der Waals surface area contributed by atoms with Gasteiger partial charge >= 0.3 is 5.97 Å². The minimum Gasteiger partial charge on any atom is -0.407 e. The van der Waals surface area contributed by atoms with Gasteiger partial charge in [-0.2, -0.15) is 5.10 Å². The lowest BCUT2D eigenvalue weighted by Gasteiger charge is -2.07. The summed E-state index contributed by atoms with van der Waals surface area (Å²) in [6.45, 7) is 0. The molecule has 142 valence electrons. The molecule has 0 amide bonds. The number of esters is 1. The van der Waals surface area contributed by atoms with Crippen LogP contribution < -0.4 is 4.74 Å². The summed E-state index contributed by atoms with van der Waals surface area (Å²) < 4.78 is 7.10. The number of rotatable bonds is 6. The fourth-order valence-electron chi connectivity index (χ4n) is 2.95. The van der Waals surface area contributed by atoms with Crippen molar-refractivity contribution in [3.8, 4) is 22.8 Å². The average molecular weight is 382 g/mol. The Hall–Kier alpha value is -3.99. The fourth-order valence-corrected chi connectivity index (χ4v) is 2.95. The van der Waals surface area contributed by atoms with E-state index in [1.165, 1.54) is 0 Å². The van der Waals surface area contributed by atoms with Gasteiger partial charge in [-0.1, -0.05) is 78.9 Å². The van der Waals surface area contributed by atoms with Gasteiger partial charge in [0.1, 0.15) is 6.42 Å². The topological polar surface area (TPSA) is 61.2 Å². The molecule has 5 nitrogen and oxygen atoms in total. The first kappa shape index (κ1) is 18.4. The van der Waals surface area contributed by atoms with Gasteiger partial charge in [-0.25, -0.2) is 4.68 Å². The summed E-state index contributed by atoms with van der Waals surface area (Å²) in [6.07, 6.45) is -0.343. The van der Waals surface area contributed by atoms with Crippen molar-refractivity contribution in [1.82, 2.24) is 9.78 Å². The largest absolute Gasteiger partial charge is 0.407 e. The SMILES string of the molecule is O=C(CC(=O)c1ccccc1)Oc1cc(-c2ccccc2)nn1-c1ccccc1. The fraction of sp³-hybridized carbons (Fsp3) is 0.0417. The molecule has 0 aliphatic carbocycles. The Labute approximate surface area is 168 Å². The number of ether oxygens (including phenoxy) is 1. The zero-order valence-corrected chi connectivity index (χ0v) is 15.6. The summed E-state index contributed by atoms with van der Waals surface area (Å²) in [5.74, 6) is -0.652. The Morgan fingerprint density at radius 2 is 1.38 bits per heavy atom. The third kappa shape index (κ3) is 4.30. The number of ketones is 1.